The second kappa shape index (κ2) is 6.62. The van der Waals surface area contributed by atoms with Crippen molar-refractivity contribution in [2.75, 3.05) is 13.2 Å². The summed E-state index contributed by atoms with van der Waals surface area (Å²) in [6, 6.07) is 3.58. The molecule has 1 aromatic rings. The van der Waals surface area contributed by atoms with Crippen molar-refractivity contribution in [3.8, 4) is 5.75 Å². The highest BCUT2D eigenvalue weighted by atomic mass is 35.5. The summed E-state index contributed by atoms with van der Waals surface area (Å²) < 4.78 is 5.41. The zero-order valence-electron chi connectivity index (χ0n) is 7.95. The number of nitrogens with zero attached hydrogens (tertiary/aromatic N) is 1. The molecule has 1 rings (SSSR count). The zero-order chi connectivity index (χ0) is 10.2. The van der Waals surface area contributed by atoms with Crippen molar-refractivity contribution in [2.45, 2.75) is 19.3 Å². The number of aliphatic hydroxyl groups is 1. The number of aromatic nitrogens is 1. The molecular formula is C10H14ClNO2. The molecule has 1 heterocycles. The molecule has 0 aromatic carbocycles. The van der Waals surface area contributed by atoms with E-state index in [0.29, 0.717) is 17.5 Å². The molecule has 0 unspecified atom stereocenters. The van der Waals surface area contributed by atoms with Crippen LogP contribution in [0.1, 0.15) is 19.3 Å². The van der Waals surface area contributed by atoms with Gasteiger partial charge in [0.2, 0.25) is 0 Å². The molecule has 0 fully saturated rings. The van der Waals surface area contributed by atoms with Crippen LogP contribution in [0.5, 0.6) is 5.75 Å². The zero-order valence-corrected chi connectivity index (χ0v) is 8.70. The van der Waals surface area contributed by atoms with Gasteiger partial charge in [0.05, 0.1) is 6.61 Å². The third kappa shape index (κ3) is 3.94. The minimum atomic E-state index is 0.244. The maximum atomic E-state index is 8.55. The van der Waals surface area contributed by atoms with E-state index in [4.69, 9.17) is 21.4 Å². The number of halogens is 1. The van der Waals surface area contributed by atoms with Crippen molar-refractivity contribution >= 4 is 11.6 Å². The lowest BCUT2D eigenvalue weighted by molar-refractivity contribution is 0.266. The number of ether oxygens (including phenoxy) is 1. The van der Waals surface area contributed by atoms with Crippen LogP contribution in [0.15, 0.2) is 18.3 Å². The lowest BCUT2D eigenvalue weighted by Gasteiger charge is -2.06. The van der Waals surface area contributed by atoms with Crippen molar-refractivity contribution < 1.29 is 9.84 Å². The predicted octanol–water partition coefficient (Wildman–Crippen LogP) is 2.28. The van der Waals surface area contributed by atoms with Crippen molar-refractivity contribution in [2.24, 2.45) is 0 Å². The lowest BCUT2D eigenvalue weighted by atomic mass is 10.2. The fourth-order valence-corrected chi connectivity index (χ4v) is 1.23. The van der Waals surface area contributed by atoms with Crippen molar-refractivity contribution in [3.05, 3.63) is 23.5 Å². The highest BCUT2D eigenvalue weighted by Gasteiger charge is 1.99. The van der Waals surface area contributed by atoms with E-state index in [1.165, 1.54) is 0 Å². The third-order valence-corrected chi connectivity index (χ3v) is 2.07. The van der Waals surface area contributed by atoms with E-state index in [2.05, 4.69) is 4.98 Å². The number of pyridine rings is 1. The third-order valence-electron chi connectivity index (χ3n) is 1.78. The van der Waals surface area contributed by atoms with E-state index in [9.17, 15) is 0 Å². The first-order valence-electron chi connectivity index (χ1n) is 4.69. The minimum absolute atomic E-state index is 0.244. The summed E-state index contributed by atoms with van der Waals surface area (Å²) >= 11 is 5.79. The molecule has 3 nitrogen and oxygen atoms in total. The van der Waals surface area contributed by atoms with E-state index in [0.717, 1.165) is 19.3 Å². The Morgan fingerprint density at radius 2 is 2.21 bits per heavy atom. The molecular weight excluding hydrogens is 202 g/mol. The first-order valence-corrected chi connectivity index (χ1v) is 5.06. The Bertz CT molecular complexity index is 268. The second-order valence-corrected chi connectivity index (χ2v) is 3.28. The molecule has 0 saturated heterocycles. The number of aliphatic hydroxyl groups excluding tert-OH is 1. The molecule has 0 radical (unpaired) electrons. The Balaban J connectivity index is 2.21. The smallest absolute Gasteiger partial charge is 0.171 e. The minimum Gasteiger partial charge on any atom is -0.490 e. The van der Waals surface area contributed by atoms with Gasteiger partial charge in [0.1, 0.15) is 0 Å². The van der Waals surface area contributed by atoms with Crippen molar-refractivity contribution in [3.63, 3.8) is 0 Å². The van der Waals surface area contributed by atoms with Crippen LogP contribution in [-0.4, -0.2) is 23.3 Å². The van der Waals surface area contributed by atoms with Gasteiger partial charge in [-0.15, -0.1) is 0 Å². The topological polar surface area (TPSA) is 42.4 Å². The van der Waals surface area contributed by atoms with E-state index >= 15 is 0 Å². The number of rotatable bonds is 6. The number of hydrogen-bond acceptors (Lipinski definition) is 3. The van der Waals surface area contributed by atoms with Crippen molar-refractivity contribution in [1.29, 1.82) is 0 Å². The molecule has 78 valence electrons. The Morgan fingerprint density at radius 3 is 2.93 bits per heavy atom. The SMILES string of the molecule is OCCCCCOc1cccnc1Cl. The van der Waals surface area contributed by atoms with Crippen LogP contribution >= 0.6 is 11.6 Å². The van der Waals surface area contributed by atoms with Crippen LogP contribution in [0, 0.1) is 0 Å². The first-order chi connectivity index (χ1) is 6.84. The van der Waals surface area contributed by atoms with Gasteiger partial charge in [-0.1, -0.05) is 11.6 Å². The van der Waals surface area contributed by atoms with Crippen LogP contribution in [0.25, 0.3) is 0 Å². The summed E-state index contributed by atoms with van der Waals surface area (Å²) in [6.07, 6.45) is 4.34. The maximum Gasteiger partial charge on any atom is 0.171 e. The maximum absolute atomic E-state index is 8.55. The average Bonchev–Trinajstić information content (AvgIpc) is 2.20. The quantitative estimate of drug-likeness (QED) is 0.585. The summed E-state index contributed by atoms with van der Waals surface area (Å²) in [4.78, 5) is 3.89. The molecule has 0 bridgehead atoms. The van der Waals surface area contributed by atoms with Gasteiger partial charge in [-0.3, -0.25) is 0 Å². The van der Waals surface area contributed by atoms with Crippen LogP contribution in [0.4, 0.5) is 0 Å². The van der Waals surface area contributed by atoms with E-state index in [1.54, 1.807) is 18.3 Å². The summed E-state index contributed by atoms with van der Waals surface area (Å²) in [7, 11) is 0. The van der Waals surface area contributed by atoms with Gasteiger partial charge < -0.3 is 9.84 Å². The fraction of sp³-hybridized carbons (Fsp3) is 0.500. The van der Waals surface area contributed by atoms with Gasteiger partial charge in [0.25, 0.3) is 0 Å². The molecule has 1 aromatic heterocycles. The molecule has 0 saturated carbocycles. The van der Waals surface area contributed by atoms with Crippen molar-refractivity contribution in [1.82, 2.24) is 4.98 Å². The molecule has 0 spiro atoms. The summed E-state index contributed by atoms with van der Waals surface area (Å²) in [5.74, 6) is 0.623. The summed E-state index contributed by atoms with van der Waals surface area (Å²) in [5, 5.41) is 8.95. The predicted molar refractivity (Wildman–Crippen MR) is 55.7 cm³/mol. The number of unbranched alkanes of at least 4 members (excludes halogenated alkanes) is 2. The van der Waals surface area contributed by atoms with E-state index in [-0.39, 0.29) is 6.61 Å². The monoisotopic (exact) mass is 215 g/mol. The van der Waals surface area contributed by atoms with Crippen LogP contribution in [0.2, 0.25) is 5.15 Å². The average molecular weight is 216 g/mol. The Kier molecular flexibility index (Phi) is 5.33. The fourth-order valence-electron chi connectivity index (χ4n) is 1.05. The van der Waals surface area contributed by atoms with Gasteiger partial charge >= 0.3 is 0 Å². The standard InChI is InChI=1S/C10H14ClNO2/c11-10-9(5-4-6-12-10)14-8-3-1-2-7-13/h4-6,13H,1-3,7-8H2. The Hall–Kier alpha value is -0.800. The van der Waals surface area contributed by atoms with Crippen LogP contribution < -0.4 is 4.74 Å². The van der Waals surface area contributed by atoms with Gasteiger partial charge in [-0.05, 0) is 31.4 Å². The largest absolute Gasteiger partial charge is 0.490 e. The van der Waals surface area contributed by atoms with E-state index < -0.39 is 0 Å². The Labute approximate surface area is 88.7 Å². The second-order valence-electron chi connectivity index (χ2n) is 2.93. The number of hydrogen-bond donors (Lipinski definition) is 1. The molecule has 1 N–H and O–H groups in total. The lowest BCUT2D eigenvalue weighted by Crippen LogP contribution is -1.98. The molecule has 0 aliphatic heterocycles. The molecule has 0 atom stereocenters. The van der Waals surface area contributed by atoms with Gasteiger partial charge in [0, 0.05) is 12.8 Å². The highest BCUT2D eigenvalue weighted by Crippen LogP contribution is 2.20. The molecule has 0 amide bonds. The van der Waals surface area contributed by atoms with Gasteiger partial charge in [-0.25, -0.2) is 4.98 Å². The Morgan fingerprint density at radius 1 is 1.36 bits per heavy atom. The van der Waals surface area contributed by atoms with Crippen LogP contribution in [0.3, 0.4) is 0 Å². The summed E-state index contributed by atoms with van der Waals surface area (Å²) in [6.45, 7) is 0.860. The van der Waals surface area contributed by atoms with Gasteiger partial charge in [-0.2, -0.15) is 0 Å². The first kappa shape index (κ1) is 11.3. The summed E-state index contributed by atoms with van der Waals surface area (Å²) in [5.41, 5.74) is 0. The highest BCUT2D eigenvalue weighted by molar-refractivity contribution is 6.30. The molecule has 4 heteroatoms. The van der Waals surface area contributed by atoms with E-state index in [1.807, 2.05) is 0 Å². The molecule has 0 aliphatic rings. The normalized spacial score (nSPS) is 10.1. The van der Waals surface area contributed by atoms with Crippen LogP contribution in [-0.2, 0) is 0 Å². The van der Waals surface area contributed by atoms with Gasteiger partial charge in [0.15, 0.2) is 10.9 Å². The molecule has 14 heavy (non-hydrogen) atoms. The molecule has 0 aliphatic carbocycles.